The van der Waals surface area contributed by atoms with Crippen molar-refractivity contribution in [3.05, 3.63) is 96.1 Å². The van der Waals surface area contributed by atoms with Gasteiger partial charge in [-0.2, -0.15) is 0 Å². The van der Waals surface area contributed by atoms with Gasteiger partial charge >= 0.3 is 149 Å². The molecule has 0 radical (unpaired) electrons. The Hall–Kier alpha value is -2.28. The van der Waals surface area contributed by atoms with Gasteiger partial charge in [-0.25, -0.2) is 18.6 Å². The quantitative estimate of drug-likeness (QED) is 0.198. The molecular weight excluding hydrogens is 457 g/mol. The molecule has 0 bridgehead atoms. The van der Waals surface area contributed by atoms with Crippen LogP contribution in [0.3, 0.4) is 0 Å². The third-order valence-electron chi connectivity index (χ3n) is 4.20. The average molecular weight is 475 g/mol. The monoisotopic (exact) mass is 475 g/mol. The van der Waals surface area contributed by atoms with E-state index in [0.29, 0.717) is 15.0 Å². The van der Waals surface area contributed by atoms with E-state index >= 15 is 0 Å². The zero-order valence-electron chi connectivity index (χ0n) is 15.5. The van der Waals surface area contributed by atoms with E-state index in [9.17, 15) is 0 Å². The molecule has 4 rings (SSSR count). The maximum Gasteiger partial charge on any atom is -0.112 e. The average Bonchev–Trinajstić information content (AvgIpc) is 2.70. The second-order valence-electron chi connectivity index (χ2n) is 6.15. The molecule has 3 aromatic rings. The molecule has 0 saturated heterocycles. The minimum absolute atomic E-state index is 0.385. The topological polar surface area (TPSA) is 95.2 Å². The summed E-state index contributed by atoms with van der Waals surface area (Å²) in [5.74, 6) is 0. The van der Waals surface area contributed by atoms with Crippen LogP contribution in [-0.2, 0) is 0 Å². The van der Waals surface area contributed by atoms with Gasteiger partial charge in [0.05, 0.1) is 0 Å². The summed E-state index contributed by atoms with van der Waals surface area (Å²) in [5, 5.41) is 0. The van der Waals surface area contributed by atoms with Crippen LogP contribution in [0.25, 0.3) is 5.57 Å². The van der Waals surface area contributed by atoms with Crippen LogP contribution in [-0.4, -0.2) is 32.8 Å². The van der Waals surface area contributed by atoms with Crippen molar-refractivity contribution in [1.29, 1.82) is 0 Å². The molecule has 0 unspecified atom stereocenters. The van der Waals surface area contributed by atoms with E-state index in [1.165, 1.54) is 31.3 Å². The summed E-state index contributed by atoms with van der Waals surface area (Å²) >= 11 is 0.385. The number of nitrogens with zero attached hydrogens (tertiary/aromatic N) is 1. The molecule has 3 aromatic carbocycles. The van der Waals surface area contributed by atoms with Crippen molar-refractivity contribution in [2.45, 2.75) is 0 Å². The number of hydrogen-bond donors (Lipinski definition) is 0. The number of hydrogen-bond acceptors (Lipinski definition) is 4. The second kappa shape index (κ2) is 9.48. The van der Waals surface area contributed by atoms with Crippen LogP contribution in [0.5, 0.6) is 0 Å². The summed E-state index contributed by atoms with van der Waals surface area (Å²) in [7, 11) is -2.85. The van der Waals surface area contributed by atoms with E-state index in [1.807, 2.05) is 6.07 Å². The van der Waals surface area contributed by atoms with Crippen molar-refractivity contribution in [1.82, 2.24) is 0 Å². The van der Waals surface area contributed by atoms with Crippen molar-refractivity contribution >= 4 is 41.4 Å². The molecule has 1 heterocycles. The molecule has 0 aliphatic carbocycles. The first-order valence-electron chi connectivity index (χ1n) is 8.64. The van der Waals surface area contributed by atoms with Crippen LogP contribution in [0, 0.1) is 10.2 Å². The van der Waals surface area contributed by atoms with Gasteiger partial charge in [0.2, 0.25) is 0 Å². The summed E-state index contributed by atoms with van der Waals surface area (Å²) < 4.78 is 39.1. The molecule has 0 fully saturated rings. The van der Waals surface area contributed by atoms with Crippen molar-refractivity contribution in [2.75, 3.05) is 7.05 Å². The van der Waals surface area contributed by atoms with Gasteiger partial charge in [-0.1, -0.05) is 0 Å². The molecule has 7 heteroatoms. The Morgan fingerprint density at radius 2 is 1.17 bits per heavy atom. The Balaban J connectivity index is 0.000000431. The summed E-state index contributed by atoms with van der Waals surface area (Å²) in [6.07, 6.45) is 4.41. The zero-order chi connectivity index (χ0) is 20.9. The van der Waals surface area contributed by atoms with Crippen LogP contribution < -0.4 is 27.6 Å². The van der Waals surface area contributed by atoms with Crippen molar-refractivity contribution in [2.24, 2.45) is 0 Å². The zero-order valence-corrected chi connectivity index (χ0v) is 18.0. The van der Waals surface area contributed by atoms with Crippen molar-refractivity contribution in [3.63, 3.8) is 0 Å². The number of fused-ring (bicyclic) bond motifs is 2. The second-order valence-corrected chi connectivity index (χ2v) is 9.18. The van der Waals surface area contributed by atoms with Gasteiger partial charge in [0.1, 0.15) is 0 Å². The fourth-order valence-electron chi connectivity index (χ4n) is 2.93. The van der Waals surface area contributed by atoms with Crippen LogP contribution in [0.2, 0.25) is 0 Å². The molecule has 148 valence electrons. The number of rotatable bonds is 2. The number of benzene rings is 3. The van der Waals surface area contributed by atoms with E-state index in [-0.39, 0.29) is 0 Å². The predicted molar refractivity (Wildman–Crippen MR) is 103 cm³/mol. The minimum Gasteiger partial charge on any atom is -0.222 e. The minimum atomic E-state index is -4.94. The largest absolute Gasteiger partial charge is 0.222 e. The SMILES string of the molecule is C[N+](=CC=C1c2ccccc2[Se]c2ccccc21)c1ccccc1.[O-][Cl+3]([O-])([O-])[O-]. The maximum absolute atomic E-state index is 8.49. The Kier molecular flexibility index (Phi) is 7.00. The maximum atomic E-state index is 8.49. The molecule has 1 aliphatic heterocycles. The predicted octanol–water partition coefficient (Wildman–Crippen LogP) is -1.62. The fourth-order valence-corrected chi connectivity index (χ4v) is 5.26. The Morgan fingerprint density at radius 1 is 0.724 bits per heavy atom. The van der Waals surface area contributed by atoms with Gasteiger partial charge in [0.15, 0.2) is 0 Å². The van der Waals surface area contributed by atoms with Gasteiger partial charge in [-0.05, 0) is 0 Å². The summed E-state index contributed by atoms with van der Waals surface area (Å²) in [6.45, 7) is 0. The molecular formula is C22H18ClNO4Se. The molecule has 0 amide bonds. The van der Waals surface area contributed by atoms with Gasteiger partial charge in [-0.15, -0.1) is 10.2 Å². The number of halogens is 1. The summed E-state index contributed by atoms with van der Waals surface area (Å²) in [5.41, 5.74) is 5.25. The van der Waals surface area contributed by atoms with Crippen LogP contribution in [0.15, 0.2) is 84.9 Å². The molecule has 0 spiro atoms. The molecule has 0 aromatic heterocycles. The van der Waals surface area contributed by atoms with Gasteiger partial charge in [0.25, 0.3) is 0 Å². The van der Waals surface area contributed by atoms with E-state index in [2.05, 4.69) is 96.7 Å². The van der Waals surface area contributed by atoms with E-state index in [1.54, 1.807) is 0 Å². The molecule has 0 saturated carbocycles. The first kappa shape index (κ1) is 21.4. The number of para-hydroxylation sites is 1. The van der Waals surface area contributed by atoms with E-state index < -0.39 is 10.2 Å². The van der Waals surface area contributed by atoms with Gasteiger partial charge in [0, 0.05) is 0 Å². The normalized spacial score (nSPS) is 13.0. The van der Waals surface area contributed by atoms with Crippen LogP contribution in [0.1, 0.15) is 11.1 Å². The summed E-state index contributed by atoms with van der Waals surface area (Å²) in [6, 6.07) is 28.0. The smallest absolute Gasteiger partial charge is 0.112 e. The molecule has 0 atom stereocenters. The van der Waals surface area contributed by atoms with Crippen LogP contribution >= 0.6 is 0 Å². The van der Waals surface area contributed by atoms with Gasteiger partial charge in [-0.3, -0.25) is 0 Å². The molecule has 0 N–H and O–H groups in total. The third-order valence-corrected chi connectivity index (χ3v) is 6.62. The van der Waals surface area contributed by atoms with E-state index in [0.717, 1.165) is 0 Å². The molecule has 1 aliphatic rings. The Labute approximate surface area is 177 Å². The third kappa shape index (κ3) is 6.10. The first-order valence-corrected chi connectivity index (χ1v) is 11.6. The van der Waals surface area contributed by atoms with E-state index in [4.69, 9.17) is 18.6 Å². The molecule has 5 nitrogen and oxygen atoms in total. The van der Waals surface area contributed by atoms with Gasteiger partial charge < -0.3 is 0 Å². The van der Waals surface area contributed by atoms with Crippen LogP contribution in [0.4, 0.5) is 5.69 Å². The standard InChI is InChI=1S/C22H18NSe.ClHO4/c1-23(17-9-3-2-4-10-17)16-15-18-19-11-5-7-13-21(19)24-22-14-8-6-12-20(18)22;2-1(3,4)5/h2-16H,1H3;(H,2,3,4,5)/q+1;/p-1. The first-order chi connectivity index (χ1) is 13.8. The Morgan fingerprint density at radius 3 is 1.69 bits per heavy atom. The van der Waals surface area contributed by atoms with Crippen molar-refractivity contribution < 1.29 is 33.5 Å². The Bertz CT molecular complexity index is 992. The fraction of sp³-hybridized carbons (Fsp3) is 0.0455. The van der Waals surface area contributed by atoms with Crippen molar-refractivity contribution in [3.8, 4) is 0 Å². The molecule has 29 heavy (non-hydrogen) atoms. The summed E-state index contributed by atoms with van der Waals surface area (Å²) in [4.78, 5) is 0. The number of allylic oxidation sites excluding steroid dienone is 1.